The summed E-state index contributed by atoms with van der Waals surface area (Å²) in [6.45, 7) is 3.28. The van der Waals surface area contributed by atoms with E-state index in [1.807, 2.05) is 6.20 Å². The molecular weight excluding hydrogens is 222 g/mol. The fourth-order valence-corrected chi connectivity index (χ4v) is 2.64. The quantitative estimate of drug-likeness (QED) is 0.876. The van der Waals surface area contributed by atoms with Gasteiger partial charge in [0.1, 0.15) is 5.82 Å². The summed E-state index contributed by atoms with van der Waals surface area (Å²) in [5.41, 5.74) is 3.61. The van der Waals surface area contributed by atoms with Gasteiger partial charge in [0.15, 0.2) is 0 Å². The van der Waals surface area contributed by atoms with E-state index in [1.54, 1.807) is 0 Å². The summed E-state index contributed by atoms with van der Waals surface area (Å²) in [6.07, 6.45) is 4.42. The van der Waals surface area contributed by atoms with Crippen molar-refractivity contribution in [3.8, 4) is 11.3 Å². The molecule has 1 aliphatic rings. The van der Waals surface area contributed by atoms with E-state index in [-0.39, 0.29) is 0 Å². The number of nitrogens with one attached hydrogen (secondary N) is 1. The van der Waals surface area contributed by atoms with Crippen LogP contribution >= 0.6 is 0 Å². The predicted molar refractivity (Wildman–Crippen MR) is 73.4 cm³/mol. The minimum atomic E-state index is 0.462. The molecule has 1 fully saturated rings. The highest BCUT2D eigenvalue weighted by Gasteiger charge is 2.24. The number of imidazole rings is 1. The summed E-state index contributed by atoms with van der Waals surface area (Å²) in [6, 6.07) is 9.02. The molecule has 3 nitrogen and oxygen atoms in total. The molecule has 0 spiro atoms. The van der Waals surface area contributed by atoms with Crippen LogP contribution in [0.5, 0.6) is 0 Å². The summed E-state index contributed by atoms with van der Waals surface area (Å²) in [5.74, 6) is 1.10. The van der Waals surface area contributed by atoms with Crippen LogP contribution in [0.15, 0.2) is 30.5 Å². The van der Waals surface area contributed by atoms with E-state index >= 15 is 0 Å². The minimum absolute atomic E-state index is 0.462. The molecular formula is C15H19N3. The van der Waals surface area contributed by atoms with Crippen LogP contribution < -0.4 is 0 Å². The predicted octanol–water partition coefficient (Wildman–Crippen LogP) is 3.15. The Kier molecular flexibility index (Phi) is 2.92. The summed E-state index contributed by atoms with van der Waals surface area (Å²) in [4.78, 5) is 10.4. The third kappa shape index (κ3) is 2.06. The summed E-state index contributed by atoms with van der Waals surface area (Å²) in [5, 5.41) is 0. The maximum atomic E-state index is 4.55. The Morgan fingerprint density at radius 1 is 1.28 bits per heavy atom. The highest BCUT2D eigenvalue weighted by atomic mass is 15.2. The monoisotopic (exact) mass is 241 g/mol. The number of aromatic amines is 1. The van der Waals surface area contributed by atoms with Crippen LogP contribution in [-0.2, 0) is 0 Å². The van der Waals surface area contributed by atoms with Crippen molar-refractivity contribution in [1.82, 2.24) is 14.9 Å². The topological polar surface area (TPSA) is 31.9 Å². The first-order chi connectivity index (χ1) is 8.74. The lowest BCUT2D eigenvalue weighted by atomic mass is 10.1. The highest BCUT2D eigenvalue weighted by molar-refractivity contribution is 5.58. The Hall–Kier alpha value is -1.61. The molecule has 94 valence electrons. The van der Waals surface area contributed by atoms with Gasteiger partial charge < -0.3 is 4.98 Å². The molecule has 0 bridgehead atoms. The second-order valence-electron chi connectivity index (χ2n) is 5.19. The molecule has 0 aliphatic carbocycles. The second-order valence-corrected chi connectivity index (χ2v) is 5.19. The second kappa shape index (κ2) is 4.58. The standard InChI is InChI=1S/C15H19N3/c1-11-5-7-12(8-6-11)13-10-16-15(17-13)14-4-3-9-18(14)2/h5-8,10,14H,3-4,9H2,1-2H3,(H,16,17)/t14-/m0/s1. The number of likely N-dealkylation sites (tertiary alicyclic amines) is 1. The summed E-state index contributed by atoms with van der Waals surface area (Å²) >= 11 is 0. The van der Waals surface area contributed by atoms with Crippen LogP contribution in [-0.4, -0.2) is 28.5 Å². The molecule has 3 heteroatoms. The van der Waals surface area contributed by atoms with Crippen LogP contribution in [0, 0.1) is 6.92 Å². The van der Waals surface area contributed by atoms with E-state index in [4.69, 9.17) is 0 Å². The van der Waals surface area contributed by atoms with Crippen LogP contribution in [0.2, 0.25) is 0 Å². The Balaban J connectivity index is 1.87. The number of hydrogen-bond donors (Lipinski definition) is 1. The van der Waals surface area contributed by atoms with E-state index in [1.165, 1.54) is 30.5 Å². The first-order valence-corrected chi connectivity index (χ1v) is 6.56. The van der Waals surface area contributed by atoms with Gasteiger partial charge in [0.05, 0.1) is 17.9 Å². The first kappa shape index (κ1) is 11.5. The molecule has 1 atom stereocenters. The van der Waals surface area contributed by atoms with Crippen molar-refractivity contribution >= 4 is 0 Å². The third-order valence-corrected chi connectivity index (χ3v) is 3.79. The molecule has 1 N–H and O–H groups in total. The summed E-state index contributed by atoms with van der Waals surface area (Å²) in [7, 11) is 2.17. The van der Waals surface area contributed by atoms with Gasteiger partial charge in [-0.1, -0.05) is 29.8 Å². The van der Waals surface area contributed by atoms with Gasteiger partial charge in [-0.15, -0.1) is 0 Å². The lowest BCUT2D eigenvalue weighted by molar-refractivity contribution is 0.307. The zero-order valence-electron chi connectivity index (χ0n) is 11.0. The molecule has 18 heavy (non-hydrogen) atoms. The van der Waals surface area contributed by atoms with Crippen LogP contribution in [0.4, 0.5) is 0 Å². The lowest BCUT2D eigenvalue weighted by Gasteiger charge is -2.16. The lowest BCUT2D eigenvalue weighted by Crippen LogP contribution is -2.18. The molecule has 3 rings (SSSR count). The zero-order valence-corrected chi connectivity index (χ0v) is 11.0. The number of benzene rings is 1. The maximum absolute atomic E-state index is 4.55. The largest absolute Gasteiger partial charge is 0.341 e. The molecule has 0 unspecified atom stereocenters. The number of nitrogens with zero attached hydrogens (tertiary/aromatic N) is 2. The average Bonchev–Trinajstić information content (AvgIpc) is 2.98. The van der Waals surface area contributed by atoms with E-state index in [0.717, 1.165) is 11.5 Å². The van der Waals surface area contributed by atoms with Crippen molar-refractivity contribution in [2.24, 2.45) is 0 Å². The van der Waals surface area contributed by atoms with Crippen LogP contribution in [0.25, 0.3) is 11.3 Å². The molecule has 0 amide bonds. The molecule has 1 saturated heterocycles. The fraction of sp³-hybridized carbons (Fsp3) is 0.400. The Bertz CT molecular complexity index is 527. The van der Waals surface area contributed by atoms with E-state index in [9.17, 15) is 0 Å². The minimum Gasteiger partial charge on any atom is -0.341 e. The van der Waals surface area contributed by atoms with Crippen LogP contribution in [0.1, 0.15) is 30.3 Å². The SMILES string of the molecule is Cc1ccc(-c2cnc([C@@H]3CCCN3C)[nH]2)cc1. The summed E-state index contributed by atoms with van der Waals surface area (Å²) < 4.78 is 0. The van der Waals surface area contributed by atoms with Crippen molar-refractivity contribution in [3.05, 3.63) is 41.9 Å². The third-order valence-electron chi connectivity index (χ3n) is 3.79. The Morgan fingerprint density at radius 3 is 2.72 bits per heavy atom. The van der Waals surface area contributed by atoms with E-state index < -0.39 is 0 Å². The number of hydrogen-bond acceptors (Lipinski definition) is 2. The van der Waals surface area contributed by atoms with E-state index in [2.05, 4.69) is 53.1 Å². The zero-order chi connectivity index (χ0) is 12.5. The maximum Gasteiger partial charge on any atom is 0.123 e. The Labute approximate surface area is 108 Å². The van der Waals surface area contributed by atoms with E-state index in [0.29, 0.717) is 6.04 Å². The smallest absolute Gasteiger partial charge is 0.123 e. The fourth-order valence-electron chi connectivity index (χ4n) is 2.64. The van der Waals surface area contributed by atoms with Crippen LogP contribution in [0.3, 0.4) is 0 Å². The van der Waals surface area contributed by atoms with Gasteiger partial charge in [-0.05, 0) is 38.9 Å². The molecule has 2 aromatic rings. The van der Waals surface area contributed by atoms with Gasteiger partial charge in [0, 0.05) is 0 Å². The number of H-pyrrole nitrogens is 1. The van der Waals surface area contributed by atoms with Crippen molar-refractivity contribution in [2.45, 2.75) is 25.8 Å². The number of rotatable bonds is 2. The molecule has 2 heterocycles. The Morgan fingerprint density at radius 2 is 2.06 bits per heavy atom. The van der Waals surface area contributed by atoms with Gasteiger partial charge >= 0.3 is 0 Å². The first-order valence-electron chi connectivity index (χ1n) is 6.56. The number of aryl methyl sites for hydroxylation is 1. The van der Waals surface area contributed by atoms with Crippen molar-refractivity contribution < 1.29 is 0 Å². The molecule has 0 radical (unpaired) electrons. The van der Waals surface area contributed by atoms with Gasteiger partial charge in [0.25, 0.3) is 0 Å². The average molecular weight is 241 g/mol. The molecule has 1 aromatic heterocycles. The van der Waals surface area contributed by atoms with Gasteiger partial charge in [-0.3, -0.25) is 4.90 Å². The molecule has 0 saturated carbocycles. The van der Waals surface area contributed by atoms with Crippen molar-refractivity contribution in [3.63, 3.8) is 0 Å². The van der Waals surface area contributed by atoms with Crippen molar-refractivity contribution in [1.29, 1.82) is 0 Å². The molecule has 1 aromatic carbocycles. The highest BCUT2D eigenvalue weighted by Crippen LogP contribution is 2.29. The van der Waals surface area contributed by atoms with Gasteiger partial charge in [-0.2, -0.15) is 0 Å². The van der Waals surface area contributed by atoms with Crippen molar-refractivity contribution in [2.75, 3.05) is 13.6 Å². The molecule has 1 aliphatic heterocycles. The normalized spacial score (nSPS) is 20.4. The van der Waals surface area contributed by atoms with Gasteiger partial charge in [-0.25, -0.2) is 4.98 Å². The number of aromatic nitrogens is 2. The van der Waals surface area contributed by atoms with Gasteiger partial charge in [0.2, 0.25) is 0 Å².